The summed E-state index contributed by atoms with van der Waals surface area (Å²) >= 11 is 0. The van der Waals surface area contributed by atoms with Crippen LogP contribution < -0.4 is 5.56 Å². The van der Waals surface area contributed by atoms with Crippen molar-refractivity contribution in [2.75, 3.05) is 13.1 Å². The molecule has 0 atom stereocenters. The highest BCUT2D eigenvalue weighted by molar-refractivity contribution is 5.73. The van der Waals surface area contributed by atoms with E-state index in [-0.39, 0.29) is 30.1 Å². The topological polar surface area (TPSA) is 90.2 Å². The van der Waals surface area contributed by atoms with Crippen LogP contribution in [0, 0.1) is 12.8 Å². The number of fused-ring (bicyclic) bond motifs is 1. The van der Waals surface area contributed by atoms with Gasteiger partial charge in [-0.3, -0.25) is 14.0 Å². The number of ether oxygens (including phenoxy) is 2. The summed E-state index contributed by atoms with van der Waals surface area (Å²) in [5.74, 6) is -0.613. The molecule has 2 aromatic rings. The monoisotopic (exact) mass is 401 g/mol. The van der Waals surface area contributed by atoms with E-state index in [1.807, 2.05) is 33.8 Å². The molecule has 0 spiro atoms. The molecule has 8 nitrogen and oxygen atoms in total. The van der Waals surface area contributed by atoms with Gasteiger partial charge in [-0.25, -0.2) is 9.78 Å². The number of likely N-dealkylation sites (tertiary alicyclic amines) is 1. The van der Waals surface area contributed by atoms with Gasteiger partial charge in [0.05, 0.1) is 11.6 Å². The van der Waals surface area contributed by atoms with Crippen molar-refractivity contribution in [3.05, 3.63) is 46.0 Å². The maximum absolute atomic E-state index is 12.4. The quantitative estimate of drug-likeness (QED) is 0.735. The molecule has 3 heterocycles. The number of aryl methyl sites for hydroxylation is 1. The molecule has 29 heavy (non-hydrogen) atoms. The van der Waals surface area contributed by atoms with Crippen molar-refractivity contribution in [2.24, 2.45) is 5.92 Å². The third-order valence-electron chi connectivity index (χ3n) is 4.78. The number of rotatable bonds is 3. The smallest absolute Gasteiger partial charge is 0.410 e. The van der Waals surface area contributed by atoms with E-state index in [0.29, 0.717) is 37.3 Å². The largest absolute Gasteiger partial charge is 0.459 e. The normalized spacial score (nSPS) is 15.4. The minimum Gasteiger partial charge on any atom is -0.459 e. The van der Waals surface area contributed by atoms with Gasteiger partial charge in [0.15, 0.2) is 0 Å². The van der Waals surface area contributed by atoms with Gasteiger partial charge in [-0.2, -0.15) is 0 Å². The first-order valence-corrected chi connectivity index (χ1v) is 9.76. The summed E-state index contributed by atoms with van der Waals surface area (Å²) in [5, 5.41) is 0. The maximum atomic E-state index is 12.4. The molecule has 1 fully saturated rings. The van der Waals surface area contributed by atoms with Crippen molar-refractivity contribution in [3.8, 4) is 0 Å². The molecule has 0 aliphatic carbocycles. The van der Waals surface area contributed by atoms with Crippen molar-refractivity contribution in [3.63, 3.8) is 0 Å². The van der Waals surface area contributed by atoms with Crippen LogP contribution >= 0.6 is 0 Å². The minimum atomic E-state index is -0.545. The van der Waals surface area contributed by atoms with Gasteiger partial charge in [0.25, 0.3) is 5.56 Å². The zero-order chi connectivity index (χ0) is 21.2. The second kappa shape index (κ2) is 8.23. The van der Waals surface area contributed by atoms with Gasteiger partial charge in [-0.05, 0) is 52.2 Å². The van der Waals surface area contributed by atoms with E-state index in [1.165, 1.54) is 10.5 Å². The van der Waals surface area contributed by atoms with Crippen LogP contribution in [0.5, 0.6) is 0 Å². The SMILES string of the molecule is Cc1cccn2c(=O)cc(COC(=O)C3CCN(C(=O)OC(C)(C)C)CC3)nc12. The van der Waals surface area contributed by atoms with Crippen molar-refractivity contribution < 1.29 is 19.1 Å². The summed E-state index contributed by atoms with van der Waals surface area (Å²) in [6, 6.07) is 5.04. The first-order chi connectivity index (χ1) is 13.6. The standard InChI is InChI=1S/C21H27N3O5/c1-14-6-5-9-24-17(25)12-16(22-18(14)24)13-28-19(26)15-7-10-23(11-8-15)20(27)29-21(2,3)4/h5-6,9,12,15H,7-8,10-11,13H2,1-4H3. The van der Waals surface area contributed by atoms with Crippen LogP contribution in [0.1, 0.15) is 44.9 Å². The first-order valence-electron chi connectivity index (χ1n) is 9.76. The van der Waals surface area contributed by atoms with Crippen LogP contribution in [0.15, 0.2) is 29.2 Å². The third kappa shape index (κ3) is 5.13. The van der Waals surface area contributed by atoms with Gasteiger partial charge in [0.2, 0.25) is 0 Å². The number of carbonyl (C=O) groups is 2. The lowest BCUT2D eigenvalue weighted by atomic mass is 9.97. The van der Waals surface area contributed by atoms with Crippen LogP contribution in [0.2, 0.25) is 0 Å². The number of hydrogen-bond acceptors (Lipinski definition) is 6. The lowest BCUT2D eigenvalue weighted by Gasteiger charge is -2.32. The molecule has 8 heteroatoms. The molecule has 3 rings (SSSR count). The Balaban J connectivity index is 1.56. The fraction of sp³-hybridized carbons (Fsp3) is 0.524. The lowest BCUT2D eigenvalue weighted by molar-refractivity contribution is -0.151. The van der Waals surface area contributed by atoms with E-state index < -0.39 is 5.60 Å². The molecule has 0 radical (unpaired) electrons. The van der Waals surface area contributed by atoms with E-state index in [9.17, 15) is 14.4 Å². The average molecular weight is 401 g/mol. The summed E-state index contributed by atoms with van der Waals surface area (Å²) in [4.78, 5) is 42.8. The molecule has 0 unspecified atom stereocenters. The molecule has 1 aliphatic heterocycles. The van der Waals surface area contributed by atoms with Crippen molar-refractivity contribution in [1.82, 2.24) is 14.3 Å². The summed E-state index contributed by atoms with van der Waals surface area (Å²) in [7, 11) is 0. The van der Waals surface area contributed by atoms with Crippen LogP contribution in [0.4, 0.5) is 4.79 Å². The zero-order valence-electron chi connectivity index (χ0n) is 17.3. The van der Waals surface area contributed by atoms with Gasteiger partial charge in [0.1, 0.15) is 17.9 Å². The Bertz CT molecular complexity index is 968. The number of esters is 1. The molecule has 0 aromatic carbocycles. The summed E-state index contributed by atoms with van der Waals surface area (Å²) in [6.07, 6.45) is 2.34. The highest BCUT2D eigenvalue weighted by Gasteiger charge is 2.30. The van der Waals surface area contributed by atoms with E-state index >= 15 is 0 Å². The van der Waals surface area contributed by atoms with E-state index in [0.717, 1.165) is 5.56 Å². The summed E-state index contributed by atoms with van der Waals surface area (Å²) in [6.45, 7) is 8.18. The molecule has 156 valence electrons. The fourth-order valence-corrected chi connectivity index (χ4v) is 3.27. The zero-order valence-corrected chi connectivity index (χ0v) is 17.3. The van der Waals surface area contributed by atoms with Crippen LogP contribution in [0.25, 0.3) is 5.65 Å². The average Bonchev–Trinajstić information content (AvgIpc) is 2.66. The Hall–Kier alpha value is -2.90. The predicted molar refractivity (Wildman–Crippen MR) is 107 cm³/mol. The van der Waals surface area contributed by atoms with Crippen molar-refractivity contribution >= 4 is 17.7 Å². The second-order valence-electron chi connectivity index (χ2n) is 8.32. The minimum absolute atomic E-state index is 0.0504. The first kappa shape index (κ1) is 20.8. The molecule has 1 saturated heterocycles. The Labute approximate surface area is 169 Å². The van der Waals surface area contributed by atoms with Gasteiger partial charge < -0.3 is 14.4 Å². The summed E-state index contributed by atoms with van der Waals surface area (Å²) in [5.41, 5.74) is 1.08. The molecule has 2 aromatic heterocycles. The van der Waals surface area contributed by atoms with E-state index in [4.69, 9.17) is 9.47 Å². The van der Waals surface area contributed by atoms with Gasteiger partial charge in [0, 0.05) is 25.4 Å². The molecule has 1 amide bonds. The van der Waals surface area contributed by atoms with Gasteiger partial charge in [-0.1, -0.05) is 6.07 Å². The molecule has 0 N–H and O–H groups in total. The fourth-order valence-electron chi connectivity index (χ4n) is 3.27. The molecule has 0 saturated carbocycles. The number of carbonyl (C=O) groups excluding carboxylic acids is 2. The molecule has 1 aliphatic rings. The predicted octanol–water partition coefficient (Wildman–Crippen LogP) is 2.69. The molecule has 0 bridgehead atoms. The maximum Gasteiger partial charge on any atom is 0.410 e. The lowest BCUT2D eigenvalue weighted by Crippen LogP contribution is -2.43. The van der Waals surface area contributed by atoms with Crippen LogP contribution in [-0.2, 0) is 20.9 Å². The van der Waals surface area contributed by atoms with Crippen molar-refractivity contribution in [2.45, 2.75) is 52.7 Å². The van der Waals surface area contributed by atoms with Crippen molar-refractivity contribution in [1.29, 1.82) is 0 Å². The Morgan fingerprint density at radius 2 is 1.93 bits per heavy atom. The third-order valence-corrected chi connectivity index (χ3v) is 4.78. The number of aromatic nitrogens is 2. The highest BCUT2D eigenvalue weighted by Crippen LogP contribution is 2.21. The van der Waals surface area contributed by atoms with E-state index in [1.54, 1.807) is 17.2 Å². The number of amides is 1. The number of hydrogen-bond donors (Lipinski definition) is 0. The second-order valence-corrected chi connectivity index (χ2v) is 8.32. The number of piperidine rings is 1. The van der Waals surface area contributed by atoms with Gasteiger partial charge in [-0.15, -0.1) is 0 Å². The number of nitrogens with zero attached hydrogens (tertiary/aromatic N) is 3. The van der Waals surface area contributed by atoms with Crippen LogP contribution in [-0.4, -0.2) is 45.0 Å². The van der Waals surface area contributed by atoms with E-state index in [2.05, 4.69) is 4.98 Å². The molecular weight excluding hydrogens is 374 g/mol. The van der Waals surface area contributed by atoms with Gasteiger partial charge >= 0.3 is 12.1 Å². The Kier molecular flexibility index (Phi) is 5.91. The van der Waals surface area contributed by atoms with Crippen LogP contribution in [0.3, 0.4) is 0 Å². The Morgan fingerprint density at radius 1 is 1.24 bits per heavy atom. The number of pyridine rings is 1. The Morgan fingerprint density at radius 3 is 2.59 bits per heavy atom. The molecular formula is C21H27N3O5. The summed E-state index contributed by atoms with van der Waals surface area (Å²) < 4.78 is 12.2. The highest BCUT2D eigenvalue weighted by atomic mass is 16.6.